The molecule has 0 aliphatic heterocycles. The van der Waals surface area contributed by atoms with E-state index < -0.39 is 4.92 Å². The summed E-state index contributed by atoms with van der Waals surface area (Å²) in [6.45, 7) is 1.52. The number of nitrogens with zero attached hydrogens (tertiary/aromatic N) is 3. The molecular formula is C12H10N4O4S. The number of aromatic amines is 1. The molecule has 0 saturated carbocycles. The predicted octanol–water partition coefficient (Wildman–Crippen LogP) is 1.36. The number of H-pyrrole nitrogens is 1. The standard InChI is InChI=1S/C12H10N4O4S/c1-7-11(18)13-12(15-14-7)21-6-10(17)8-3-2-4-9(5-8)16(19)20/h2-5H,6H2,1H3,(H,13,15,18). The summed E-state index contributed by atoms with van der Waals surface area (Å²) in [7, 11) is 0. The van der Waals surface area contributed by atoms with Gasteiger partial charge in [0, 0.05) is 17.7 Å². The van der Waals surface area contributed by atoms with Crippen molar-refractivity contribution >= 4 is 23.2 Å². The van der Waals surface area contributed by atoms with Crippen molar-refractivity contribution in [1.29, 1.82) is 0 Å². The molecule has 0 radical (unpaired) electrons. The van der Waals surface area contributed by atoms with Crippen LogP contribution in [0.5, 0.6) is 0 Å². The number of benzene rings is 1. The van der Waals surface area contributed by atoms with Crippen LogP contribution in [0.1, 0.15) is 16.1 Å². The SMILES string of the molecule is Cc1nnc(SCC(=O)c2cccc([N+](=O)[O-])c2)[nH]c1=O. The number of aromatic nitrogens is 3. The summed E-state index contributed by atoms with van der Waals surface area (Å²) in [5, 5.41) is 18.3. The van der Waals surface area contributed by atoms with Crippen LogP contribution in [0.3, 0.4) is 0 Å². The maximum Gasteiger partial charge on any atom is 0.273 e. The van der Waals surface area contributed by atoms with Crippen molar-refractivity contribution in [3.8, 4) is 0 Å². The van der Waals surface area contributed by atoms with Crippen LogP contribution in [0.15, 0.2) is 34.2 Å². The number of nitrogens with one attached hydrogen (secondary N) is 1. The number of aryl methyl sites for hydroxylation is 1. The van der Waals surface area contributed by atoms with Gasteiger partial charge in [-0.2, -0.15) is 0 Å². The van der Waals surface area contributed by atoms with Crippen molar-refractivity contribution in [2.75, 3.05) is 5.75 Å². The van der Waals surface area contributed by atoms with Crippen LogP contribution in [-0.2, 0) is 0 Å². The van der Waals surface area contributed by atoms with Gasteiger partial charge in [-0.15, -0.1) is 10.2 Å². The van der Waals surface area contributed by atoms with Crippen molar-refractivity contribution in [1.82, 2.24) is 15.2 Å². The first kappa shape index (κ1) is 14.9. The van der Waals surface area contributed by atoms with Crippen LogP contribution in [0, 0.1) is 17.0 Å². The minimum atomic E-state index is -0.563. The third-order valence-corrected chi connectivity index (χ3v) is 3.42. The molecule has 0 aliphatic rings. The first-order chi connectivity index (χ1) is 9.97. The van der Waals surface area contributed by atoms with Crippen LogP contribution in [0.2, 0.25) is 0 Å². The molecule has 0 fully saturated rings. The molecule has 1 aromatic carbocycles. The Balaban J connectivity index is 2.08. The molecule has 1 heterocycles. The second-order valence-corrected chi connectivity index (χ2v) is 5.03. The number of ketones is 1. The van der Waals surface area contributed by atoms with Gasteiger partial charge in [0.05, 0.1) is 10.7 Å². The zero-order valence-electron chi connectivity index (χ0n) is 10.9. The van der Waals surface area contributed by atoms with E-state index in [0.29, 0.717) is 0 Å². The van der Waals surface area contributed by atoms with Gasteiger partial charge in [-0.05, 0) is 6.92 Å². The van der Waals surface area contributed by atoms with Crippen molar-refractivity contribution in [3.05, 3.63) is 56.0 Å². The molecule has 0 amide bonds. The molecule has 9 heteroatoms. The molecule has 0 unspecified atom stereocenters. The number of thioether (sulfide) groups is 1. The molecule has 1 N–H and O–H groups in total. The van der Waals surface area contributed by atoms with Crippen molar-refractivity contribution < 1.29 is 9.72 Å². The predicted molar refractivity (Wildman–Crippen MR) is 75.5 cm³/mol. The Morgan fingerprint density at radius 3 is 2.86 bits per heavy atom. The first-order valence-electron chi connectivity index (χ1n) is 5.81. The third kappa shape index (κ3) is 3.72. The molecule has 2 rings (SSSR count). The zero-order valence-corrected chi connectivity index (χ0v) is 11.7. The summed E-state index contributed by atoms with van der Waals surface area (Å²) in [6.07, 6.45) is 0. The van der Waals surface area contributed by atoms with Gasteiger partial charge in [0.2, 0.25) is 0 Å². The quantitative estimate of drug-likeness (QED) is 0.383. The lowest BCUT2D eigenvalue weighted by Gasteiger charge is -2.01. The smallest absolute Gasteiger partial charge is 0.273 e. The highest BCUT2D eigenvalue weighted by molar-refractivity contribution is 7.99. The highest BCUT2D eigenvalue weighted by atomic mass is 32.2. The summed E-state index contributed by atoms with van der Waals surface area (Å²) in [5.74, 6) is -0.304. The van der Waals surface area contributed by atoms with E-state index in [9.17, 15) is 19.7 Å². The van der Waals surface area contributed by atoms with E-state index >= 15 is 0 Å². The van der Waals surface area contributed by atoms with Crippen LogP contribution < -0.4 is 5.56 Å². The van der Waals surface area contributed by atoms with E-state index in [2.05, 4.69) is 15.2 Å². The topological polar surface area (TPSA) is 119 Å². The molecule has 8 nitrogen and oxygen atoms in total. The van der Waals surface area contributed by atoms with E-state index in [-0.39, 0.29) is 39.2 Å². The number of non-ortho nitro benzene ring substituents is 1. The van der Waals surface area contributed by atoms with Crippen LogP contribution in [0.4, 0.5) is 5.69 Å². The summed E-state index contributed by atoms with van der Waals surface area (Å²) < 4.78 is 0. The van der Waals surface area contributed by atoms with Crippen LogP contribution in [-0.4, -0.2) is 31.6 Å². The molecule has 2 aromatic rings. The molecule has 0 saturated heterocycles. The van der Waals surface area contributed by atoms with Gasteiger partial charge in [0.1, 0.15) is 5.69 Å². The van der Waals surface area contributed by atoms with E-state index in [1.807, 2.05) is 0 Å². The van der Waals surface area contributed by atoms with Gasteiger partial charge in [-0.3, -0.25) is 24.7 Å². The van der Waals surface area contributed by atoms with Gasteiger partial charge < -0.3 is 0 Å². The Morgan fingerprint density at radius 1 is 1.43 bits per heavy atom. The van der Waals surface area contributed by atoms with Crippen molar-refractivity contribution in [2.45, 2.75) is 12.1 Å². The third-order valence-electron chi connectivity index (χ3n) is 2.56. The Labute approximate surface area is 122 Å². The van der Waals surface area contributed by atoms with E-state index in [4.69, 9.17) is 0 Å². The van der Waals surface area contributed by atoms with Crippen LogP contribution in [0.25, 0.3) is 0 Å². The fraction of sp³-hybridized carbons (Fsp3) is 0.167. The molecule has 21 heavy (non-hydrogen) atoms. The first-order valence-corrected chi connectivity index (χ1v) is 6.80. The van der Waals surface area contributed by atoms with E-state index in [1.165, 1.54) is 31.2 Å². The Bertz CT molecular complexity index is 759. The van der Waals surface area contributed by atoms with Gasteiger partial charge in [-0.1, -0.05) is 23.9 Å². The minimum Gasteiger partial charge on any atom is -0.298 e. The Hall–Kier alpha value is -2.55. The molecule has 0 aliphatic carbocycles. The minimum absolute atomic E-state index is 0.00511. The van der Waals surface area contributed by atoms with Gasteiger partial charge >= 0.3 is 0 Å². The monoisotopic (exact) mass is 306 g/mol. The fourth-order valence-electron chi connectivity index (χ4n) is 1.45. The Kier molecular flexibility index (Phi) is 4.43. The summed E-state index contributed by atoms with van der Waals surface area (Å²) in [4.78, 5) is 35.9. The Morgan fingerprint density at radius 2 is 2.19 bits per heavy atom. The number of hydrogen-bond donors (Lipinski definition) is 1. The number of nitro benzene ring substituents is 1. The normalized spacial score (nSPS) is 10.3. The number of rotatable bonds is 5. The number of carbonyl (C=O) groups excluding carboxylic acids is 1. The molecule has 0 bridgehead atoms. The molecule has 1 aromatic heterocycles. The number of carbonyl (C=O) groups is 1. The second-order valence-electron chi connectivity index (χ2n) is 4.06. The zero-order chi connectivity index (χ0) is 15.4. The lowest BCUT2D eigenvalue weighted by atomic mass is 10.1. The highest BCUT2D eigenvalue weighted by Crippen LogP contribution is 2.17. The molecule has 0 spiro atoms. The number of nitro groups is 1. The fourth-order valence-corrected chi connectivity index (χ4v) is 2.15. The molecule has 108 valence electrons. The highest BCUT2D eigenvalue weighted by Gasteiger charge is 2.12. The van der Waals surface area contributed by atoms with Gasteiger partial charge in [0.25, 0.3) is 11.2 Å². The summed E-state index contributed by atoms with van der Waals surface area (Å²) in [5.41, 5.74) is -0.0341. The maximum atomic E-state index is 12.0. The van der Waals surface area contributed by atoms with Crippen molar-refractivity contribution in [2.24, 2.45) is 0 Å². The number of hydrogen-bond acceptors (Lipinski definition) is 7. The maximum absolute atomic E-state index is 12.0. The lowest BCUT2D eigenvalue weighted by Crippen LogP contribution is -2.15. The molecule has 0 atom stereocenters. The lowest BCUT2D eigenvalue weighted by molar-refractivity contribution is -0.384. The molecular weight excluding hydrogens is 296 g/mol. The summed E-state index contributed by atoms with van der Waals surface area (Å²) in [6, 6.07) is 5.47. The second kappa shape index (κ2) is 6.27. The van der Waals surface area contributed by atoms with Crippen LogP contribution >= 0.6 is 11.8 Å². The van der Waals surface area contributed by atoms with E-state index in [0.717, 1.165) is 11.8 Å². The van der Waals surface area contributed by atoms with Crippen molar-refractivity contribution in [3.63, 3.8) is 0 Å². The van der Waals surface area contributed by atoms with Gasteiger partial charge in [0.15, 0.2) is 10.9 Å². The average Bonchev–Trinajstić information content (AvgIpc) is 2.48. The summed E-state index contributed by atoms with van der Waals surface area (Å²) >= 11 is 1.01. The average molecular weight is 306 g/mol. The van der Waals surface area contributed by atoms with Gasteiger partial charge in [-0.25, -0.2) is 0 Å². The largest absolute Gasteiger partial charge is 0.298 e. The van der Waals surface area contributed by atoms with E-state index in [1.54, 1.807) is 0 Å². The number of Topliss-reactive ketones (excluding diaryl/α,β-unsaturated/α-hetero) is 1.